The van der Waals surface area contributed by atoms with Crippen molar-refractivity contribution in [3.8, 4) is 11.4 Å². The Morgan fingerprint density at radius 3 is 2.77 bits per heavy atom. The molecule has 0 aliphatic carbocycles. The molecule has 8 heteroatoms. The molecule has 5 aromatic rings. The highest BCUT2D eigenvalue weighted by atomic mass is 16.1. The van der Waals surface area contributed by atoms with Crippen LogP contribution in [-0.2, 0) is 0 Å². The second kappa shape index (κ2) is 8.42. The number of amides is 1. The Hall–Kier alpha value is -4.98. The Bertz CT molecular complexity index is 1640. The highest BCUT2D eigenvalue weighted by molar-refractivity contribution is 5.97. The van der Waals surface area contributed by atoms with Gasteiger partial charge in [0.15, 0.2) is 5.65 Å². The van der Waals surface area contributed by atoms with Crippen molar-refractivity contribution in [2.75, 3.05) is 0 Å². The average molecular weight is 460 g/mol. The molecule has 0 spiro atoms. The molecule has 0 bridgehead atoms. The first kappa shape index (κ1) is 20.6. The molecule has 0 unspecified atom stereocenters. The van der Waals surface area contributed by atoms with Gasteiger partial charge in [-0.15, -0.1) is 0 Å². The zero-order chi connectivity index (χ0) is 23.8. The van der Waals surface area contributed by atoms with Crippen LogP contribution in [0.5, 0.6) is 0 Å². The van der Waals surface area contributed by atoms with E-state index in [1.54, 1.807) is 24.5 Å². The zero-order valence-corrected chi connectivity index (χ0v) is 18.8. The van der Waals surface area contributed by atoms with Crippen molar-refractivity contribution in [3.63, 3.8) is 0 Å². The van der Waals surface area contributed by atoms with Crippen molar-refractivity contribution >= 4 is 33.4 Å². The van der Waals surface area contributed by atoms with E-state index >= 15 is 0 Å². The number of rotatable bonds is 4. The number of hydrogen-bond donors (Lipinski definition) is 4. The number of aromatic nitrogens is 5. The molecule has 0 saturated carbocycles. The van der Waals surface area contributed by atoms with Crippen LogP contribution < -0.4 is 10.6 Å². The Balaban J connectivity index is 1.37. The number of allylic oxidation sites excluding steroid dienone is 4. The lowest BCUT2D eigenvalue weighted by atomic mass is 10.1. The standard InChI is InChI=1S/C27H21N7O/c1-16-9-21(31-27(35)17-5-3-2-4-6-17)10-18(14-29-16)19-11-22-25(33-34-26(22)30-15-19)24-12-20-13-28-8-7-23(20)32-24/h2-15,29,32H,1H3,(H,31,35)(H,30,33,34). The van der Waals surface area contributed by atoms with Gasteiger partial charge in [0.2, 0.25) is 0 Å². The summed E-state index contributed by atoms with van der Waals surface area (Å²) >= 11 is 0. The van der Waals surface area contributed by atoms with Gasteiger partial charge in [-0.2, -0.15) is 5.10 Å². The van der Waals surface area contributed by atoms with Crippen LogP contribution in [0.25, 0.3) is 38.9 Å². The molecule has 1 aromatic carbocycles. The Kier molecular flexibility index (Phi) is 4.96. The van der Waals surface area contributed by atoms with Crippen molar-refractivity contribution < 1.29 is 4.79 Å². The minimum absolute atomic E-state index is 0.166. The molecule has 1 aliphatic heterocycles. The van der Waals surface area contributed by atoms with Crippen molar-refractivity contribution in [2.45, 2.75) is 6.92 Å². The van der Waals surface area contributed by atoms with Crippen molar-refractivity contribution in [1.29, 1.82) is 0 Å². The molecule has 6 rings (SSSR count). The summed E-state index contributed by atoms with van der Waals surface area (Å²) in [5.41, 5.74) is 7.34. The van der Waals surface area contributed by atoms with Crippen molar-refractivity contribution in [3.05, 3.63) is 108 Å². The van der Waals surface area contributed by atoms with Crippen LogP contribution in [0, 0.1) is 0 Å². The number of benzene rings is 1. The maximum atomic E-state index is 12.7. The first-order valence-electron chi connectivity index (χ1n) is 11.1. The second-order valence-electron chi connectivity index (χ2n) is 8.33. The van der Waals surface area contributed by atoms with E-state index in [1.807, 2.05) is 67.9 Å². The molecule has 1 amide bonds. The number of carbonyl (C=O) groups is 1. The third-order valence-corrected chi connectivity index (χ3v) is 5.87. The van der Waals surface area contributed by atoms with Gasteiger partial charge in [0, 0.05) is 69.2 Å². The predicted molar refractivity (Wildman–Crippen MR) is 136 cm³/mol. The Morgan fingerprint density at radius 2 is 1.91 bits per heavy atom. The smallest absolute Gasteiger partial charge is 0.255 e. The van der Waals surface area contributed by atoms with E-state index in [2.05, 4.69) is 35.8 Å². The van der Waals surface area contributed by atoms with Gasteiger partial charge in [-0.1, -0.05) is 18.2 Å². The lowest BCUT2D eigenvalue weighted by Gasteiger charge is -2.07. The number of carbonyl (C=O) groups excluding carboxylic acids is 1. The fourth-order valence-corrected chi connectivity index (χ4v) is 4.12. The number of pyridine rings is 2. The van der Waals surface area contributed by atoms with Gasteiger partial charge < -0.3 is 15.6 Å². The summed E-state index contributed by atoms with van der Waals surface area (Å²) in [5, 5.41) is 15.7. The van der Waals surface area contributed by atoms with E-state index in [1.165, 1.54) is 0 Å². The van der Waals surface area contributed by atoms with Gasteiger partial charge in [-0.25, -0.2) is 4.98 Å². The summed E-state index contributed by atoms with van der Waals surface area (Å²) in [4.78, 5) is 24.9. The van der Waals surface area contributed by atoms with Gasteiger partial charge in [-0.05, 0) is 49.4 Å². The lowest BCUT2D eigenvalue weighted by Crippen LogP contribution is -2.22. The topological polar surface area (TPSA) is 111 Å². The molecule has 8 nitrogen and oxygen atoms in total. The number of hydrogen-bond acceptors (Lipinski definition) is 5. The fourth-order valence-electron chi connectivity index (χ4n) is 4.12. The van der Waals surface area contributed by atoms with Gasteiger partial charge in [0.25, 0.3) is 5.91 Å². The Labute approximate surface area is 200 Å². The molecule has 4 N–H and O–H groups in total. The monoisotopic (exact) mass is 459 g/mol. The normalized spacial score (nSPS) is 13.6. The van der Waals surface area contributed by atoms with Crippen LogP contribution >= 0.6 is 0 Å². The molecule has 1 aliphatic rings. The maximum absolute atomic E-state index is 12.7. The van der Waals surface area contributed by atoms with Gasteiger partial charge in [0.05, 0.1) is 11.4 Å². The third kappa shape index (κ3) is 3.97. The minimum atomic E-state index is -0.166. The number of nitrogens with zero attached hydrogens (tertiary/aromatic N) is 3. The molecule has 170 valence electrons. The highest BCUT2D eigenvalue weighted by Crippen LogP contribution is 2.30. The molecule has 5 heterocycles. The number of fused-ring (bicyclic) bond motifs is 2. The number of nitrogens with one attached hydrogen (secondary N) is 4. The minimum Gasteiger partial charge on any atom is -0.365 e. The first-order valence-corrected chi connectivity index (χ1v) is 11.1. The molecule has 0 fully saturated rings. The summed E-state index contributed by atoms with van der Waals surface area (Å²) in [6.45, 7) is 1.95. The van der Waals surface area contributed by atoms with Gasteiger partial charge >= 0.3 is 0 Å². The van der Waals surface area contributed by atoms with Crippen LogP contribution in [-0.4, -0.2) is 31.1 Å². The van der Waals surface area contributed by atoms with E-state index in [0.717, 1.165) is 44.5 Å². The molecule has 0 atom stereocenters. The van der Waals surface area contributed by atoms with E-state index in [4.69, 9.17) is 0 Å². The van der Waals surface area contributed by atoms with Gasteiger partial charge in [-0.3, -0.25) is 14.9 Å². The van der Waals surface area contributed by atoms with Crippen molar-refractivity contribution in [2.24, 2.45) is 0 Å². The van der Waals surface area contributed by atoms with E-state index < -0.39 is 0 Å². The van der Waals surface area contributed by atoms with Gasteiger partial charge in [0.1, 0.15) is 0 Å². The summed E-state index contributed by atoms with van der Waals surface area (Å²) in [6.07, 6.45) is 11.1. The van der Waals surface area contributed by atoms with E-state index in [0.29, 0.717) is 16.9 Å². The molecule has 4 aromatic heterocycles. The van der Waals surface area contributed by atoms with Crippen LogP contribution in [0.1, 0.15) is 22.8 Å². The molecule has 35 heavy (non-hydrogen) atoms. The van der Waals surface area contributed by atoms with Crippen LogP contribution in [0.15, 0.2) is 96.9 Å². The summed E-state index contributed by atoms with van der Waals surface area (Å²) in [7, 11) is 0. The zero-order valence-electron chi connectivity index (χ0n) is 18.8. The molecular formula is C27H21N7O. The average Bonchev–Trinajstić information content (AvgIpc) is 3.45. The summed E-state index contributed by atoms with van der Waals surface area (Å²) < 4.78 is 0. The second-order valence-corrected chi connectivity index (χ2v) is 8.33. The predicted octanol–water partition coefficient (Wildman–Crippen LogP) is 4.66. The fraction of sp³-hybridized carbons (Fsp3) is 0.0370. The third-order valence-electron chi connectivity index (χ3n) is 5.87. The van der Waals surface area contributed by atoms with Crippen LogP contribution in [0.4, 0.5) is 0 Å². The molecule has 0 saturated heterocycles. The number of aromatic amines is 2. The lowest BCUT2D eigenvalue weighted by molar-refractivity contribution is 0.0967. The van der Waals surface area contributed by atoms with Crippen LogP contribution in [0.3, 0.4) is 0 Å². The first-order chi connectivity index (χ1) is 17.1. The summed E-state index contributed by atoms with van der Waals surface area (Å²) in [6, 6.07) is 15.2. The van der Waals surface area contributed by atoms with E-state index in [9.17, 15) is 4.79 Å². The molecule has 0 radical (unpaired) electrons. The quantitative estimate of drug-likeness (QED) is 0.312. The molecular weight excluding hydrogens is 438 g/mol. The largest absolute Gasteiger partial charge is 0.365 e. The maximum Gasteiger partial charge on any atom is 0.255 e. The van der Waals surface area contributed by atoms with E-state index in [-0.39, 0.29) is 5.91 Å². The van der Waals surface area contributed by atoms with Crippen LogP contribution in [0.2, 0.25) is 0 Å². The SMILES string of the molecule is CC1=CC(NC(=O)c2ccccc2)=CC(c2cnc3n[nH]c(-c4cc5cnccc5[nH]4)c3c2)=CN1. The highest BCUT2D eigenvalue weighted by Gasteiger charge is 2.15. The summed E-state index contributed by atoms with van der Waals surface area (Å²) in [5.74, 6) is -0.166. The Morgan fingerprint density at radius 1 is 1.03 bits per heavy atom. The van der Waals surface area contributed by atoms with Crippen molar-refractivity contribution in [1.82, 2.24) is 35.8 Å². The number of H-pyrrole nitrogens is 2.